The van der Waals surface area contributed by atoms with Crippen LogP contribution in [-0.4, -0.2) is 36.5 Å². The molecule has 1 N–H and O–H groups in total. The minimum atomic E-state index is 0.377. The zero-order chi connectivity index (χ0) is 12.3. The van der Waals surface area contributed by atoms with Crippen LogP contribution in [0.5, 0.6) is 0 Å². The Hall–Kier alpha value is -0.570. The summed E-state index contributed by atoms with van der Waals surface area (Å²) >= 11 is 0. The van der Waals surface area contributed by atoms with Crippen molar-refractivity contribution in [3.05, 3.63) is 0 Å². The van der Waals surface area contributed by atoms with Gasteiger partial charge in [-0.25, -0.2) is 0 Å². The largest absolute Gasteiger partial charge is 0.341 e. The number of nitrogens with zero attached hydrogens (tertiary/aromatic N) is 1. The van der Waals surface area contributed by atoms with Crippen molar-refractivity contribution in [2.24, 2.45) is 11.8 Å². The van der Waals surface area contributed by atoms with Gasteiger partial charge in [-0.1, -0.05) is 13.8 Å². The lowest BCUT2D eigenvalue weighted by atomic mass is 9.89. The van der Waals surface area contributed by atoms with E-state index in [9.17, 15) is 4.79 Å². The first-order valence-corrected chi connectivity index (χ1v) is 7.18. The molecule has 0 bridgehead atoms. The Balaban J connectivity index is 1.86. The van der Waals surface area contributed by atoms with Crippen LogP contribution >= 0.6 is 0 Å². The van der Waals surface area contributed by atoms with E-state index in [2.05, 4.69) is 24.1 Å². The van der Waals surface area contributed by atoms with E-state index < -0.39 is 0 Å². The van der Waals surface area contributed by atoms with Crippen LogP contribution in [0.1, 0.15) is 46.0 Å². The standard InChI is InChI=1S/C14H26N2O/c1-11(2)12-5-6-14(17)16(9-7-12)10-13-4-3-8-15-13/h11-13,15H,3-10H2,1-2H3. The van der Waals surface area contributed by atoms with Gasteiger partial charge in [-0.3, -0.25) is 4.79 Å². The predicted molar refractivity (Wildman–Crippen MR) is 69.8 cm³/mol. The van der Waals surface area contributed by atoms with Gasteiger partial charge >= 0.3 is 0 Å². The molecule has 0 aromatic heterocycles. The van der Waals surface area contributed by atoms with Crippen molar-refractivity contribution < 1.29 is 4.79 Å². The maximum absolute atomic E-state index is 12.1. The van der Waals surface area contributed by atoms with Crippen molar-refractivity contribution >= 4 is 5.91 Å². The topological polar surface area (TPSA) is 32.3 Å². The van der Waals surface area contributed by atoms with E-state index in [1.165, 1.54) is 19.3 Å². The third-order valence-corrected chi connectivity index (χ3v) is 4.40. The van der Waals surface area contributed by atoms with Gasteiger partial charge < -0.3 is 10.2 Å². The second-order valence-corrected chi connectivity index (χ2v) is 5.96. The van der Waals surface area contributed by atoms with Gasteiger partial charge in [0.15, 0.2) is 0 Å². The Kier molecular flexibility index (Phi) is 4.43. The molecule has 0 saturated carbocycles. The molecule has 2 aliphatic heterocycles. The first-order valence-electron chi connectivity index (χ1n) is 7.18. The Morgan fingerprint density at radius 2 is 2.18 bits per heavy atom. The third kappa shape index (κ3) is 3.44. The second-order valence-electron chi connectivity index (χ2n) is 5.96. The number of carbonyl (C=O) groups is 1. The minimum Gasteiger partial charge on any atom is -0.341 e. The van der Waals surface area contributed by atoms with Gasteiger partial charge in [-0.05, 0) is 44.1 Å². The van der Waals surface area contributed by atoms with Crippen LogP contribution in [0.2, 0.25) is 0 Å². The highest BCUT2D eigenvalue weighted by Crippen LogP contribution is 2.25. The molecule has 2 heterocycles. The smallest absolute Gasteiger partial charge is 0.222 e. The summed E-state index contributed by atoms with van der Waals surface area (Å²) in [6, 6.07) is 0.551. The van der Waals surface area contributed by atoms with Gasteiger partial charge in [0.1, 0.15) is 0 Å². The Labute approximate surface area is 105 Å². The van der Waals surface area contributed by atoms with Crippen molar-refractivity contribution in [2.45, 2.75) is 52.0 Å². The number of carbonyl (C=O) groups excluding carboxylic acids is 1. The van der Waals surface area contributed by atoms with Crippen molar-refractivity contribution in [2.75, 3.05) is 19.6 Å². The summed E-state index contributed by atoms with van der Waals surface area (Å²) in [7, 11) is 0. The number of likely N-dealkylation sites (tertiary alicyclic amines) is 1. The molecular weight excluding hydrogens is 212 g/mol. The molecule has 0 aromatic rings. The lowest BCUT2D eigenvalue weighted by Crippen LogP contribution is -2.40. The number of rotatable bonds is 3. The number of hydrogen-bond acceptors (Lipinski definition) is 2. The maximum Gasteiger partial charge on any atom is 0.222 e. The van der Waals surface area contributed by atoms with E-state index in [-0.39, 0.29) is 0 Å². The van der Waals surface area contributed by atoms with Gasteiger partial charge in [0.2, 0.25) is 5.91 Å². The number of amides is 1. The summed E-state index contributed by atoms with van der Waals surface area (Å²) in [5.74, 6) is 1.83. The molecule has 2 atom stereocenters. The molecule has 2 fully saturated rings. The van der Waals surface area contributed by atoms with Crippen LogP contribution in [0.15, 0.2) is 0 Å². The third-order valence-electron chi connectivity index (χ3n) is 4.40. The van der Waals surface area contributed by atoms with E-state index in [1.54, 1.807) is 0 Å². The second kappa shape index (κ2) is 5.85. The molecule has 3 nitrogen and oxygen atoms in total. The molecule has 0 aromatic carbocycles. The van der Waals surface area contributed by atoms with Crippen LogP contribution < -0.4 is 5.32 Å². The fourth-order valence-electron chi connectivity index (χ4n) is 3.10. The summed E-state index contributed by atoms with van der Waals surface area (Å²) in [5, 5.41) is 3.48. The summed E-state index contributed by atoms with van der Waals surface area (Å²) in [6.45, 7) is 7.59. The zero-order valence-corrected chi connectivity index (χ0v) is 11.2. The highest BCUT2D eigenvalue weighted by atomic mass is 16.2. The Morgan fingerprint density at radius 3 is 2.82 bits per heavy atom. The van der Waals surface area contributed by atoms with Crippen LogP contribution in [-0.2, 0) is 4.79 Å². The molecule has 98 valence electrons. The fourth-order valence-corrected chi connectivity index (χ4v) is 3.10. The molecule has 2 rings (SSSR count). The lowest BCUT2D eigenvalue weighted by molar-refractivity contribution is -0.131. The molecule has 1 amide bonds. The molecule has 2 saturated heterocycles. The maximum atomic E-state index is 12.1. The van der Waals surface area contributed by atoms with E-state index >= 15 is 0 Å². The average molecular weight is 238 g/mol. The Morgan fingerprint density at radius 1 is 1.35 bits per heavy atom. The molecule has 2 aliphatic rings. The summed E-state index contributed by atoms with van der Waals surface area (Å²) in [5.41, 5.74) is 0. The quantitative estimate of drug-likeness (QED) is 0.816. The zero-order valence-electron chi connectivity index (χ0n) is 11.2. The predicted octanol–water partition coefficient (Wildman–Crippen LogP) is 2.02. The number of nitrogens with one attached hydrogen (secondary N) is 1. The summed E-state index contributed by atoms with van der Waals surface area (Å²) < 4.78 is 0. The minimum absolute atomic E-state index is 0.377. The molecule has 17 heavy (non-hydrogen) atoms. The van der Waals surface area contributed by atoms with E-state index in [1.807, 2.05) is 0 Å². The van der Waals surface area contributed by atoms with Crippen LogP contribution in [0.4, 0.5) is 0 Å². The van der Waals surface area contributed by atoms with Crippen LogP contribution in [0, 0.1) is 11.8 Å². The summed E-state index contributed by atoms with van der Waals surface area (Å²) in [4.78, 5) is 14.2. The Bertz CT molecular complexity index is 259. The van der Waals surface area contributed by atoms with Crippen molar-refractivity contribution in [3.63, 3.8) is 0 Å². The SMILES string of the molecule is CC(C)C1CCC(=O)N(CC2CCCN2)CC1. The molecule has 0 radical (unpaired) electrons. The lowest BCUT2D eigenvalue weighted by Gasteiger charge is -2.25. The molecule has 0 aliphatic carbocycles. The van der Waals surface area contributed by atoms with Crippen molar-refractivity contribution in [1.82, 2.24) is 10.2 Å². The van der Waals surface area contributed by atoms with Gasteiger partial charge in [0.25, 0.3) is 0 Å². The molecule has 2 unspecified atom stereocenters. The first kappa shape index (κ1) is 12.9. The monoisotopic (exact) mass is 238 g/mol. The fraction of sp³-hybridized carbons (Fsp3) is 0.929. The average Bonchev–Trinajstić information content (AvgIpc) is 2.72. The van der Waals surface area contributed by atoms with Crippen molar-refractivity contribution in [3.8, 4) is 0 Å². The highest BCUT2D eigenvalue weighted by molar-refractivity contribution is 5.76. The summed E-state index contributed by atoms with van der Waals surface area (Å²) in [6.07, 6.45) is 5.54. The van der Waals surface area contributed by atoms with E-state index in [0.717, 1.165) is 38.4 Å². The van der Waals surface area contributed by atoms with Crippen molar-refractivity contribution in [1.29, 1.82) is 0 Å². The van der Waals surface area contributed by atoms with E-state index in [4.69, 9.17) is 0 Å². The van der Waals surface area contributed by atoms with Gasteiger partial charge in [0.05, 0.1) is 0 Å². The molecular formula is C14H26N2O. The number of hydrogen-bond donors (Lipinski definition) is 1. The van der Waals surface area contributed by atoms with Gasteiger partial charge in [-0.2, -0.15) is 0 Å². The van der Waals surface area contributed by atoms with Crippen LogP contribution in [0.25, 0.3) is 0 Å². The van der Waals surface area contributed by atoms with Gasteiger partial charge in [-0.15, -0.1) is 0 Å². The highest BCUT2D eigenvalue weighted by Gasteiger charge is 2.26. The van der Waals surface area contributed by atoms with Crippen LogP contribution in [0.3, 0.4) is 0 Å². The molecule has 0 spiro atoms. The molecule has 3 heteroatoms. The van der Waals surface area contributed by atoms with E-state index in [0.29, 0.717) is 17.9 Å². The first-order chi connectivity index (χ1) is 8.16. The van der Waals surface area contributed by atoms with Gasteiger partial charge in [0, 0.05) is 25.6 Å². The normalized spacial score (nSPS) is 31.0.